The summed E-state index contributed by atoms with van der Waals surface area (Å²) < 4.78 is 0. The zero-order valence-corrected chi connectivity index (χ0v) is 26.6. The molecule has 0 amide bonds. The lowest BCUT2D eigenvalue weighted by Gasteiger charge is -2.30. The Bertz CT molecular complexity index is 2490. The van der Waals surface area contributed by atoms with Gasteiger partial charge in [-0.25, -0.2) is 9.97 Å². The molecule has 0 fully saturated rings. The van der Waals surface area contributed by atoms with Crippen molar-refractivity contribution in [3.63, 3.8) is 0 Å². The van der Waals surface area contributed by atoms with Gasteiger partial charge in [0, 0.05) is 28.5 Å². The highest BCUT2D eigenvalue weighted by Crippen LogP contribution is 2.62. The van der Waals surface area contributed by atoms with E-state index in [0.29, 0.717) is 5.82 Å². The van der Waals surface area contributed by atoms with Crippen LogP contribution >= 0.6 is 0 Å². The maximum Gasteiger partial charge on any atom is 0.160 e. The minimum absolute atomic E-state index is 0.365. The van der Waals surface area contributed by atoms with Crippen molar-refractivity contribution in [1.82, 2.24) is 15.0 Å². The van der Waals surface area contributed by atoms with Gasteiger partial charge in [0.05, 0.1) is 22.5 Å². The number of nitrogens with zero attached hydrogens (tertiary/aromatic N) is 3. The fourth-order valence-electron chi connectivity index (χ4n) is 8.04. The topological polar surface area (TPSA) is 38.7 Å². The van der Waals surface area contributed by atoms with Crippen molar-refractivity contribution in [3.8, 4) is 67.4 Å². The molecule has 0 saturated carbocycles. The third-order valence-corrected chi connectivity index (χ3v) is 10.2. The van der Waals surface area contributed by atoms with Gasteiger partial charge in [-0.2, -0.15) is 0 Å². The predicted molar refractivity (Wildman–Crippen MR) is 198 cm³/mol. The summed E-state index contributed by atoms with van der Waals surface area (Å²) in [5, 5.41) is 0. The summed E-state index contributed by atoms with van der Waals surface area (Å²) in [7, 11) is 0. The first-order valence-corrected chi connectivity index (χ1v) is 16.7. The second kappa shape index (κ2) is 10.8. The quantitative estimate of drug-likeness (QED) is 0.196. The average Bonchev–Trinajstić information content (AvgIpc) is 3.65. The van der Waals surface area contributed by atoms with Crippen LogP contribution < -0.4 is 0 Å². The molecule has 2 heterocycles. The van der Waals surface area contributed by atoms with Gasteiger partial charge in [0.15, 0.2) is 5.82 Å². The minimum Gasteiger partial charge on any atom is -0.256 e. The summed E-state index contributed by atoms with van der Waals surface area (Å²) in [6.45, 7) is 0. The lowest BCUT2D eigenvalue weighted by atomic mass is 9.70. The van der Waals surface area contributed by atoms with E-state index < -0.39 is 0 Å². The third-order valence-electron chi connectivity index (χ3n) is 10.2. The highest BCUT2D eigenvalue weighted by atomic mass is 14.9. The second-order valence-corrected chi connectivity index (χ2v) is 12.8. The molecule has 10 rings (SSSR count). The highest BCUT2D eigenvalue weighted by molar-refractivity contribution is 5.96. The Kier molecular flexibility index (Phi) is 6.09. The molecule has 2 aromatic heterocycles. The molecule has 49 heavy (non-hydrogen) atoms. The van der Waals surface area contributed by atoms with Gasteiger partial charge in [-0.15, -0.1) is 0 Å². The molecule has 0 aliphatic heterocycles. The Morgan fingerprint density at radius 3 is 1.41 bits per heavy atom. The van der Waals surface area contributed by atoms with E-state index in [0.717, 1.165) is 39.3 Å². The second-order valence-electron chi connectivity index (χ2n) is 12.8. The Morgan fingerprint density at radius 2 is 0.816 bits per heavy atom. The average molecular weight is 624 g/mol. The molecule has 3 nitrogen and oxygen atoms in total. The van der Waals surface area contributed by atoms with Gasteiger partial charge in [-0.1, -0.05) is 146 Å². The van der Waals surface area contributed by atoms with E-state index in [1.54, 1.807) is 0 Å². The zero-order valence-electron chi connectivity index (χ0n) is 26.6. The van der Waals surface area contributed by atoms with Gasteiger partial charge in [-0.3, -0.25) is 4.98 Å². The van der Waals surface area contributed by atoms with Gasteiger partial charge in [0.1, 0.15) is 0 Å². The van der Waals surface area contributed by atoms with E-state index in [2.05, 4.69) is 133 Å². The van der Waals surface area contributed by atoms with Gasteiger partial charge in [-0.05, 0) is 68.8 Å². The van der Waals surface area contributed by atoms with Gasteiger partial charge in [0.25, 0.3) is 0 Å². The van der Waals surface area contributed by atoms with E-state index >= 15 is 0 Å². The van der Waals surface area contributed by atoms with Crippen molar-refractivity contribution in [2.24, 2.45) is 0 Å². The normalized spacial score (nSPS) is 13.1. The SMILES string of the molecule is c1ccc(-c2ccc(-c3cc(-c4ccc5c(c4)-c4ccccc4C54c5ccccc5-c5ccccc54)nc(-c4ccccc4)n3)cn2)cc1. The number of hydrogen-bond donors (Lipinski definition) is 0. The molecule has 0 bridgehead atoms. The third kappa shape index (κ3) is 4.12. The molecular formula is C46H29N3. The van der Waals surface area contributed by atoms with Crippen molar-refractivity contribution in [2.45, 2.75) is 5.41 Å². The number of rotatable bonds is 4. The highest BCUT2D eigenvalue weighted by Gasteiger charge is 2.51. The molecule has 0 radical (unpaired) electrons. The number of benzene rings is 6. The Hall–Kier alpha value is -6.45. The van der Waals surface area contributed by atoms with Crippen LogP contribution in [0.15, 0.2) is 176 Å². The van der Waals surface area contributed by atoms with Crippen LogP contribution in [0, 0.1) is 0 Å². The number of fused-ring (bicyclic) bond motifs is 10. The predicted octanol–water partition coefficient (Wildman–Crippen LogP) is 10.9. The van der Waals surface area contributed by atoms with E-state index in [-0.39, 0.29) is 5.41 Å². The van der Waals surface area contributed by atoms with E-state index in [9.17, 15) is 0 Å². The Morgan fingerprint density at radius 1 is 0.327 bits per heavy atom. The van der Waals surface area contributed by atoms with Crippen molar-refractivity contribution in [3.05, 3.63) is 198 Å². The molecule has 1 spiro atoms. The maximum atomic E-state index is 5.18. The minimum atomic E-state index is -0.365. The zero-order chi connectivity index (χ0) is 32.4. The molecule has 8 aromatic rings. The standard InChI is InChI=1S/C46H29N3/c1-3-13-30(14-4-1)42-26-24-33(29-47-42)44-28-43(48-45(49-44)31-15-5-2-6-16-31)32-23-25-41-37(27-32)36-19-9-12-22-40(36)46(41)38-20-10-7-17-34(38)35-18-8-11-21-39(35)46/h1-29H. The van der Waals surface area contributed by atoms with Crippen LogP contribution in [-0.2, 0) is 5.41 Å². The van der Waals surface area contributed by atoms with E-state index in [4.69, 9.17) is 15.0 Å². The summed E-state index contributed by atoms with van der Waals surface area (Å²) >= 11 is 0. The summed E-state index contributed by atoms with van der Waals surface area (Å²) in [4.78, 5) is 15.1. The first kappa shape index (κ1) is 27.6. The van der Waals surface area contributed by atoms with Crippen LogP contribution in [0.4, 0.5) is 0 Å². The largest absolute Gasteiger partial charge is 0.256 e. The van der Waals surface area contributed by atoms with Crippen LogP contribution in [0.2, 0.25) is 0 Å². The first-order valence-electron chi connectivity index (χ1n) is 16.7. The van der Waals surface area contributed by atoms with Crippen LogP contribution in [0.3, 0.4) is 0 Å². The fraction of sp³-hybridized carbons (Fsp3) is 0.0217. The monoisotopic (exact) mass is 623 g/mol. The molecule has 0 N–H and O–H groups in total. The van der Waals surface area contributed by atoms with Crippen LogP contribution in [-0.4, -0.2) is 15.0 Å². The fourth-order valence-corrected chi connectivity index (χ4v) is 8.04. The number of hydrogen-bond acceptors (Lipinski definition) is 3. The van der Waals surface area contributed by atoms with Crippen molar-refractivity contribution in [1.29, 1.82) is 0 Å². The van der Waals surface area contributed by atoms with Crippen molar-refractivity contribution >= 4 is 0 Å². The molecule has 0 atom stereocenters. The molecule has 6 aromatic carbocycles. The van der Waals surface area contributed by atoms with Gasteiger partial charge >= 0.3 is 0 Å². The van der Waals surface area contributed by atoms with E-state index in [1.165, 1.54) is 44.5 Å². The molecule has 2 aliphatic rings. The van der Waals surface area contributed by atoms with Crippen molar-refractivity contribution < 1.29 is 0 Å². The summed E-state index contributed by atoms with van der Waals surface area (Å²) in [6, 6.07) is 60.4. The molecule has 228 valence electrons. The summed E-state index contributed by atoms with van der Waals surface area (Å²) in [5.41, 5.74) is 16.8. The molecular weight excluding hydrogens is 595 g/mol. The maximum absolute atomic E-state index is 5.18. The van der Waals surface area contributed by atoms with Crippen LogP contribution in [0.25, 0.3) is 67.4 Å². The molecule has 3 heteroatoms. The Balaban J connectivity index is 1.16. The number of pyridine rings is 1. The Labute approximate surface area is 285 Å². The molecule has 0 saturated heterocycles. The lowest BCUT2D eigenvalue weighted by Crippen LogP contribution is -2.25. The molecule has 0 unspecified atom stereocenters. The number of aromatic nitrogens is 3. The lowest BCUT2D eigenvalue weighted by molar-refractivity contribution is 0.794. The van der Waals surface area contributed by atoms with Crippen LogP contribution in [0.1, 0.15) is 22.3 Å². The van der Waals surface area contributed by atoms with Gasteiger partial charge in [0.2, 0.25) is 0 Å². The molecule has 2 aliphatic carbocycles. The van der Waals surface area contributed by atoms with Gasteiger partial charge < -0.3 is 0 Å². The van der Waals surface area contributed by atoms with Crippen molar-refractivity contribution in [2.75, 3.05) is 0 Å². The van der Waals surface area contributed by atoms with E-state index in [1.807, 2.05) is 42.6 Å². The summed E-state index contributed by atoms with van der Waals surface area (Å²) in [5.74, 6) is 0.691. The van der Waals surface area contributed by atoms with Crippen LogP contribution in [0.5, 0.6) is 0 Å². The smallest absolute Gasteiger partial charge is 0.160 e. The summed E-state index contributed by atoms with van der Waals surface area (Å²) in [6.07, 6.45) is 1.92. The first-order chi connectivity index (χ1) is 24.3.